The first-order chi connectivity index (χ1) is 9.16. The highest BCUT2D eigenvalue weighted by atomic mass is 16.5. The van der Waals surface area contributed by atoms with Gasteiger partial charge in [-0.3, -0.25) is 0 Å². The third kappa shape index (κ3) is 2.27. The lowest BCUT2D eigenvalue weighted by Crippen LogP contribution is -2.32. The molecule has 2 aromatic rings. The fraction of sp³-hybridized carbons (Fsp3) is 0.462. The summed E-state index contributed by atoms with van der Waals surface area (Å²) in [4.78, 5) is 0. The van der Waals surface area contributed by atoms with Crippen LogP contribution in [0.15, 0.2) is 18.3 Å². The van der Waals surface area contributed by atoms with Gasteiger partial charge in [0.25, 0.3) is 0 Å². The number of hydrogen-bond acceptors (Lipinski definition) is 4. The molecule has 0 saturated carbocycles. The Labute approximate surface area is 111 Å². The van der Waals surface area contributed by atoms with Crippen molar-refractivity contribution in [3.8, 4) is 0 Å². The molecule has 1 aliphatic rings. The number of rotatable bonds is 2. The van der Waals surface area contributed by atoms with Gasteiger partial charge in [-0.25, -0.2) is 4.68 Å². The number of fused-ring (bicyclic) bond motifs is 1. The number of benzene rings is 1. The van der Waals surface area contributed by atoms with Gasteiger partial charge >= 0.3 is 7.12 Å². The number of aryl methyl sites for hydroxylation is 1. The Kier molecular flexibility index (Phi) is 3.30. The maximum absolute atomic E-state index is 9.40. The lowest BCUT2D eigenvalue weighted by molar-refractivity contribution is -0.0366. The maximum Gasteiger partial charge on any atom is 0.488 e. The molecular formula is C13H17BN2O3. The largest absolute Gasteiger partial charge is 0.488 e. The van der Waals surface area contributed by atoms with Gasteiger partial charge in [0.05, 0.1) is 11.7 Å². The third-order valence-electron chi connectivity index (χ3n) is 3.69. The smallest absolute Gasteiger partial charge is 0.423 e. The molecule has 19 heavy (non-hydrogen) atoms. The first-order valence-corrected chi connectivity index (χ1v) is 6.62. The van der Waals surface area contributed by atoms with Crippen LogP contribution in [0.2, 0.25) is 0 Å². The Hall–Kier alpha value is -1.37. The van der Waals surface area contributed by atoms with Gasteiger partial charge in [-0.1, -0.05) is 5.56 Å². The Morgan fingerprint density at radius 2 is 2.21 bits per heavy atom. The van der Waals surface area contributed by atoms with Crippen molar-refractivity contribution in [3.63, 3.8) is 0 Å². The zero-order valence-corrected chi connectivity index (χ0v) is 10.9. The molecule has 1 unspecified atom stereocenters. The van der Waals surface area contributed by atoms with Crippen LogP contribution in [0.3, 0.4) is 0 Å². The summed E-state index contributed by atoms with van der Waals surface area (Å²) in [6, 6.07) is 3.72. The molecule has 1 fully saturated rings. The van der Waals surface area contributed by atoms with Crippen LogP contribution in [0.1, 0.15) is 31.1 Å². The molecule has 2 N–H and O–H groups in total. The third-order valence-corrected chi connectivity index (χ3v) is 3.69. The highest BCUT2D eigenvalue weighted by Gasteiger charge is 2.21. The Balaban J connectivity index is 2.08. The van der Waals surface area contributed by atoms with Gasteiger partial charge in [-0.15, -0.1) is 0 Å². The molecule has 1 saturated heterocycles. The summed E-state index contributed by atoms with van der Waals surface area (Å²) in [5, 5.41) is 24.2. The predicted octanol–water partition coefficient (Wildman–Crippen LogP) is 0.724. The molecule has 3 rings (SSSR count). The summed E-state index contributed by atoms with van der Waals surface area (Å²) in [6.45, 7) is 2.62. The second-order valence-electron chi connectivity index (χ2n) is 5.05. The molecule has 0 bridgehead atoms. The van der Waals surface area contributed by atoms with E-state index in [-0.39, 0.29) is 6.23 Å². The Morgan fingerprint density at radius 1 is 1.37 bits per heavy atom. The lowest BCUT2D eigenvalue weighted by Gasteiger charge is -2.23. The fourth-order valence-electron chi connectivity index (χ4n) is 2.65. The van der Waals surface area contributed by atoms with Gasteiger partial charge in [-0.2, -0.15) is 5.10 Å². The Bertz CT molecular complexity index is 591. The van der Waals surface area contributed by atoms with E-state index >= 15 is 0 Å². The highest BCUT2D eigenvalue weighted by molar-refractivity contribution is 6.59. The van der Waals surface area contributed by atoms with Gasteiger partial charge in [-0.05, 0) is 43.8 Å². The highest BCUT2D eigenvalue weighted by Crippen LogP contribution is 2.26. The minimum absolute atomic E-state index is 0.0439. The molecule has 100 valence electrons. The summed E-state index contributed by atoms with van der Waals surface area (Å²) in [5.41, 5.74) is 2.26. The second kappa shape index (κ2) is 4.96. The van der Waals surface area contributed by atoms with Crippen molar-refractivity contribution in [2.24, 2.45) is 0 Å². The number of aromatic nitrogens is 2. The molecule has 6 heteroatoms. The summed E-state index contributed by atoms with van der Waals surface area (Å²) >= 11 is 0. The van der Waals surface area contributed by atoms with Gasteiger partial charge in [0.2, 0.25) is 0 Å². The maximum atomic E-state index is 9.40. The average molecular weight is 260 g/mol. The predicted molar refractivity (Wildman–Crippen MR) is 73.1 cm³/mol. The monoisotopic (exact) mass is 260 g/mol. The fourth-order valence-corrected chi connectivity index (χ4v) is 2.65. The first-order valence-electron chi connectivity index (χ1n) is 6.62. The summed E-state index contributed by atoms with van der Waals surface area (Å²) in [7, 11) is -1.46. The van der Waals surface area contributed by atoms with E-state index in [9.17, 15) is 10.0 Å². The van der Waals surface area contributed by atoms with Gasteiger partial charge in [0, 0.05) is 12.0 Å². The SMILES string of the molecule is Cc1cc2cnn(C3CCCCO3)c2cc1B(O)O. The van der Waals surface area contributed by atoms with Crippen LogP contribution >= 0.6 is 0 Å². The molecule has 1 aliphatic heterocycles. The van der Waals surface area contributed by atoms with Crippen LogP contribution < -0.4 is 5.46 Å². The lowest BCUT2D eigenvalue weighted by atomic mass is 9.77. The van der Waals surface area contributed by atoms with E-state index < -0.39 is 7.12 Å². The van der Waals surface area contributed by atoms with Crippen LogP contribution in [-0.2, 0) is 4.74 Å². The zero-order valence-electron chi connectivity index (χ0n) is 10.9. The van der Waals surface area contributed by atoms with E-state index in [0.717, 1.165) is 42.3 Å². The van der Waals surface area contributed by atoms with Crippen molar-refractivity contribution in [2.75, 3.05) is 6.61 Å². The van der Waals surface area contributed by atoms with Crippen molar-refractivity contribution in [1.82, 2.24) is 9.78 Å². The molecule has 1 aromatic carbocycles. The van der Waals surface area contributed by atoms with Crippen molar-refractivity contribution in [3.05, 3.63) is 23.9 Å². The van der Waals surface area contributed by atoms with Crippen molar-refractivity contribution < 1.29 is 14.8 Å². The number of hydrogen-bond donors (Lipinski definition) is 2. The van der Waals surface area contributed by atoms with Crippen molar-refractivity contribution >= 4 is 23.5 Å². The van der Waals surface area contributed by atoms with E-state index in [1.807, 2.05) is 17.7 Å². The summed E-state index contributed by atoms with van der Waals surface area (Å²) in [5.74, 6) is 0. The Morgan fingerprint density at radius 3 is 2.89 bits per heavy atom. The number of nitrogens with zero attached hydrogens (tertiary/aromatic N) is 2. The van der Waals surface area contributed by atoms with Gasteiger partial charge in [0.1, 0.15) is 0 Å². The minimum atomic E-state index is -1.46. The van der Waals surface area contributed by atoms with Crippen LogP contribution in [0.5, 0.6) is 0 Å². The quantitative estimate of drug-likeness (QED) is 0.781. The van der Waals surface area contributed by atoms with E-state index in [1.165, 1.54) is 0 Å². The van der Waals surface area contributed by atoms with Crippen LogP contribution in [0.4, 0.5) is 0 Å². The van der Waals surface area contributed by atoms with E-state index in [2.05, 4.69) is 5.10 Å². The molecule has 2 heterocycles. The topological polar surface area (TPSA) is 67.5 Å². The van der Waals surface area contributed by atoms with Crippen molar-refractivity contribution in [2.45, 2.75) is 32.4 Å². The van der Waals surface area contributed by atoms with E-state index in [4.69, 9.17) is 4.74 Å². The van der Waals surface area contributed by atoms with E-state index in [0.29, 0.717) is 5.46 Å². The van der Waals surface area contributed by atoms with Gasteiger partial charge in [0.15, 0.2) is 6.23 Å². The van der Waals surface area contributed by atoms with Crippen molar-refractivity contribution in [1.29, 1.82) is 0 Å². The standard InChI is InChI=1S/C13H17BN2O3/c1-9-6-10-8-15-16(13-4-2-3-5-19-13)12(10)7-11(9)14(17)18/h6-8,13,17-18H,2-5H2,1H3. The summed E-state index contributed by atoms with van der Waals surface area (Å²) in [6.07, 6.45) is 4.93. The molecule has 1 aromatic heterocycles. The average Bonchev–Trinajstić information content (AvgIpc) is 2.81. The molecule has 0 aliphatic carbocycles. The molecule has 1 atom stereocenters. The molecule has 5 nitrogen and oxygen atoms in total. The zero-order chi connectivity index (χ0) is 13.4. The minimum Gasteiger partial charge on any atom is -0.423 e. The molecule has 0 radical (unpaired) electrons. The van der Waals surface area contributed by atoms with Crippen LogP contribution in [-0.4, -0.2) is 33.6 Å². The first kappa shape index (κ1) is 12.7. The van der Waals surface area contributed by atoms with Crippen LogP contribution in [0.25, 0.3) is 10.9 Å². The van der Waals surface area contributed by atoms with E-state index in [1.54, 1.807) is 12.3 Å². The summed E-state index contributed by atoms with van der Waals surface area (Å²) < 4.78 is 7.58. The molecular weight excluding hydrogens is 243 g/mol. The van der Waals surface area contributed by atoms with Gasteiger partial charge < -0.3 is 14.8 Å². The van der Waals surface area contributed by atoms with Crippen LogP contribution in [0, 0.1) is 6.92 Å². The molecule has 0 amide bonds. The number of ether oxygens (including phenoxy) is 1. The second-order valence-corrected chi connectivity index (χ2v) is 5.05. The molecule has 0 spiro atoms. The normalized spacial score (nSPS) is 19.8.